The number of aromatic nitrogens is 2. The van der Waals surface area contributed by atoms with Crippen molar-refractivity contribution in [3.05, 3.63) is 48.0 Å². The Morgan fingerprint density at radius 3 is 2.70 bits per heavy atom. The molecule has 1 fully saturated rings. The highest BCUT2D eigenvalue weighted by Gasteiger charge is 2.27. The van der Waals surface area contributed by atoms with Crippen molar-refractivity contribution in [2.24, 2.45) is 0 Å². The Kier molecular flexibility index (Phi) is 6.12. The zero-order valence-corrected chi connectivity index (χ0v) is 18.4. The number of nitrogens with zero attached hydrogens (tertiary/aromatic N) is 2. The van der Waals surface area contributed by atoms with Gasteiger partial charge in [0.05, 0.1) is 21.7 Å². The molecule has 1 aliphatic rings. The average Bonchev–Trinajstić information content (AvgIpc) is 3.17. The van der Waals surface area contributed by atoms with Gasteiger partial charge in [0.2, 0.25) is 15.9 Å². The predicted octanol–water partition coefficient (Wildman–Crippen LogP) is 3.78. The topological polar surface area (TPSA) is 95.2 Å². The van der Waals surface area contributed by atoms with Crippen molar-refractivity contribution in [3.63, 3.8) is 0 Å². The minimum Gasteiger partial charge on any atom is -0.333 e. The van der Waals surface area contributed by atoms with Crippen LogP contribution in [0, 0.1) is 6.92 Å². The molecule has 0 radical (unpaired) electrons. The lowest BCUT2D eigenvalue weighted by molar-refractivity contribution is -0.113. The molecule has 9 heteroatoms. The standard InChI is InChI=1S/C21H24N4O3S2/c1-15-9-10-16(13-19(15)30(27,28)25-11-5-2-6-12-25)22-20(26)14-29-21-23-17-7-3-4-8-18(17)24-21/h3-4,7-10,13H,2,5-6,11-12,14H2,1H3,(H,22,26)(H,23,24). The molecule has 1 aromatic heterocycles. The molecule has 2 aromatic carbocycles. The van der Waals surface area contributed by atoms with Gasteiger partial charge in [-0.1, -0.05) is 36.4 Å². The second-order valence-corrected chi connectivity index (χ2v) is 10.2. The minimum atomic E-state index is -3.56. The highest BCUT2D eigenvalue weighted by atomic mass is 32.2. The number of para-hydroxylation sites is 2. The van der Waals surface area contributed by atoms with Gasteiger partial charge in [-0.2, -0.15) is 4.31 Å². The zero-order valence-electron chi connectivity index (χ0n) is 16.7. The molecule has 0 atom stereocenters. The molecule has 1 saturated heterocycles. The van der Waals surface area contributed by atoms with Gasteiger partial charge in [0, 0.05) is 18.8 Å². The predicted molar refractivity (Wildman–Crippen MR) is 119 cm³/mol. The van der Waals surface area contributed by atoms with Gasteiger partial charge < -0.3 is 10.3 Å². The summed E-state index contributed by atoms with van der Waals surface area (Å²) in [5.74, 6) is -0.0485. The second kappa shape index (κ2) is 8.79. The maximum absolute atomic E-state index is 13.0. The Hall–Kier alpha value is -2.36. The largest absolute Gasteiger partial charge is 0.333 e. The van der Waals surface area contributed by atoms with E-state index in [1.54, 1.807) is 29.4 Å². The molecule has 2 heterocycles. The molecule has 4 rings (SSSR count). The van der Waals surface area contributed by atoms with Crippen molar-refractivity contribution in [1.82, 2.24) is 14.3 Å². The Bertz CT molecular complexity index is 1130. The third kappa shape index (κ3) is 4.53. The fraction of sp³-hybridized carbons (Fsp3) is 0.333. The number of aromatic amines is 1. The number of anilines is 1. The molecule has 1 aliphatic heterocycles. The highest BCUT2D eigenvalue weighted by molar-refractivity contribution is 7.99. The van der Waals surface area contributed by atoms with Crippen LogP contribution in [0.25, 0.3) is 11.0 Å². The number of amides is 1. The molecule has 3 aromatic rings. The summed E-state index contributed by atoms with van der Waals surface area (Å²) >= 11 is 1.30. The van der Waals surface area contributed by atoms with Gasteiger partial charge >= 0.3 is 0 Å². The van der Waals surface area contributed by atoms with E-state index in [4.69, 9.17) is 0 Å². The number of nitrogens with one attached hydrogen (secondary N) is 2. The fourth-order valence-electron chi connectivity index (χ4n) is 3.53. The van der Waals surface area contributed by atoms with Crippen molar-refractivity contribution >= 4 is 44.4 Å². The number of piperidine rings is 1. The minimum absolute atomic E-state index is 0.169. The number of thioether (sulfide) groups is 1. The molecule has 0 spiro atoms. The van der Waals surface area contributed by atoms with Gasteiger partial charge in [-0.05, 0) is 49.6 Å². The molecular formula is C21H24N4O3S2. The number of sulfonamides is 1. The first-order valence-electron chi connectivity index (χ1n) is 9.92. The van der Waals surface area contributed by atoms with Gasteiger partial charge in [-0.3, -0.25) is 4.79 Å². The van der Waals surface area contributed by atoms with Crippen molar-refractivity contribution < 1.29 is 13.2 Å². The van der Waals surface area contributed by atoms with E-state index in [1.807, 2.05) is 24.3 Å². The van der Waals surface area contributed by atoms with Crippen molar-refractivity contribution in [2.75, 3.05) is 24.2 Å². The van der Waals surface area contributed by atoms with E-state index < -0.39 is 10.0 Å². The maximum atomic E-state index is 13.0. The lowest BCUT2D eigenvalue weighted by Gasteiger charge is -2.26. The highest BCUT2D eigenvalue weighted by Crippen LogP contribution is 2.26. The number of aryl methyl sites for hydroxylation is 1. The van der Waals surface area contributed by atoms with Crippen molar-refractivity contribution in [3.8, 4) is 0 Å². The fourth-order valence-corrected chi connectivity index (χ4v) is 5.98. The first-order chi connectivity index (χ1) is 14.4. The number of imidazole rings is 1. The normalized spacial score (nSPS) is 15.4. The number of hydrogen-bond donors (Lipinski definition) is 2. The average molecular weight is 445 g/mol. The van der Waals surface area contributed by atoms with Crippen LogP contribution in [0.2, 0.25) is 0 Å². The molecule has 158 valence electrons. The van der Waals surface area contributed by atoms with Crippen LogP contribution in [0.1, 0.15) is 24.8 Å². The lowest BCUT2D eigenvalue weighted by Crippen LogP contribution is -2.36. The summed E-state index contributed by atoms with van der Waals surface area (Å²) in [5, 5.41) is 3.47. The van der Waals surface area contributed by atoms with Crippen molar-refractivity contribution in [1.29, 1.82) is 0 Å². The van der Waals surface area contributed by atoms with E-state index >= 15 is 0 Å². The number of hydrogen-bond acceptors (Lipinski definition) is 5. The molecule has 0 aliphatic carbocycles. The summed E-state index contributed by atoms with van der Waals surface area (Å²) in [4.78, 5) is 20.3. The van der Waals surface area contributed by atoms with Gasteiger partial charge in [0.15, 0.2) is 5.16 Å². The Morgan fingerprint density at radius 1 is 1.17 bits per heavy atom. The third-order valence-corrected chi connectivity index (χ3v) is 8.03. The molecule has 0 saturated carbocycles. The lowest BCUT2D eigenvalue weighted by atomic mass is 10.2. The number of fused-ring (bicyclic) bond motifs is 1. The van der Waals surface area contributed by atoms with E-state index in [2.05, 4.69) is 15.3 Å². The monoisotopic (exact) mass is 444 g/mol. The molecule has 0 unspecified atom stereocenters. The van der Waals surface area contributed by atoms with Crippen LogP contribution in [-0.2, 0) is 14.8 Å². The van der Waals surface area contributed by atoms with Crippen LogP contribution >= 0.6 is 11.8 Å². The maximum Gasteiger partial charge on any atom is 0.243 e. The summed E-state index contributed by atoms with van der Waals surface area (Å²) in [6, 6.07) is 12.7. The molecular weight excluding hydrogens is 420 g/mol. The third-order valence-electron chi connectivity index (χ3n) is 5.11. The number of rotatable bonds is 6. The quantitative estimate of drug-likeness (QED) is 0.564. The van der Waals surface area contributed by atoms with Crippen LogP contribution < -0.4 is 5.32 Å². The van der Waals surface area contributed by atoms with Gasteiger partial charge in [-0.25, -0.2) is 13.4 Å². The summed E-state index contributed by atoms with van der Waals surface area (Å²) < 4.78 is 27.6. The van der Waals surface area contributed by atoms with E-state index in [9.17, 15) is 13.2 Å². The Labute approximate surface area is 180 Å². The van der Waals surface area contributed by atoms with E-state index in [1.165, 1.54) is 11.8 Å². The summed E-state index contributed by atoms with van der Waals surface area (Å²) in [6.45, 7) is 2.87. The van der Waals surface area contributed by atoms with E-state index in [0.717, 1.165) is 30.3 Å². The smallest absolute Gasteiger partial charge is 0.243 e. The Morgan fingerprint density at radius 2 is 1.93 bits per heavy atom. The summed E-state index contributed by atoms with van der Waals surface area (Å²) in [6.07, 6.45) is 2.82. The van der Waals surface area contributed by atoms with Crippen LogP contribution in [-0.4, -0.2) is 47.4 Å². The van der Waals surface area contributed by atoms with Crippen LogP contribution in [0.15, 0.2) is 52.5 Å². The van der Waals surface area contributed by atoms with E-state index in [-0.39, 0.29) is 16.6 Å². The number of carbonyl (C=O) groups is 1. The summed E-state index contributed by atoms with van der Waals surface area (Å²) in [7, 11) is -3.56. The van der Waals surface area contributed by atoms with E-state index in [0.29, 0.717) is 29.5 Å². The number of benzene rings is 2. The SMILES string of the molecule is Cc1ccc(NC(=O)CSc2nc3ccccc3[nH]2)cc1S(=O)(=O)N1CCCCC1. The van der Waals surface area contributed by atoms with Crippen molar-refractivity contribution in [2.45, 2.75) is 36.2 Å². The zero-order chi connectivity index (χ0) is 21.1. The molecule has 30 heavy (non-hydrogen) atoms. The van der Waals surface area contributed by atoms with Gasteiger partial charge in [0.1, 0.15) is 0 Å². The number of carbonyl (C=O) groups excluding carboxylic acids is 1. The van der Waals surface area contributed by atoms with Gasteiger partial charge in [0.25, 0.3) is 0 Å². The first kappa shape index (κ1) is 20.9. The van der Waals surface area contributed by atoms with Gasteiger partial charge in [-0.15, -0.1) is 0 Å². The molecule has 1 amide bonds. The number of H-pyrrole nitrogens is 1. The molecule has 0 bridgehead atoms. The molecule has 2 N–H and O–H groups in total. The van der Waals surface area contributed by atoms with Crippen LogP contribution in [0.3, 0.4) is 0 Å². The summed E-state index contributed by atoms with van der Waals surface area (Å²) in [5.41, 5.74) is 2.93. The first-order valence-corrected chi connectivity index (χ1v) is 12.3. The second-order valence-electron chi connectivity index (χ2n) is 7.34. The van der Waals surface area contributed by atoms with Crippen LogP contribution in [0.4, 0.5) is 5.69 Å². The molecule has 7 nitrogen and oxygen atoms in total. The van der Waals surface area contributed by atoms with Crippen LogP contribution in [0.5, 0.6) is 0 Å². The Balaban J connectivity index is 1.44.